The molecule has 2 bridgehead atoms. The van der Waals surface area contributed by atoms with Crippen LogP contribution in [-0.4, -0.2) is 142 Å². The monoisotopic (exact) mass is 1140 g/mol. The van der Waals surface area contributed by atoms with Crippen LogP contribution in [0.1, 0.15) is 101 Å². The second-order valence-corrected chi connectivity index (χ2v) is 22.3. The number of alkyl carbamates (subject to hydrolysis) is 2. The van der Waals surface area contributed by atoms with Crippen molar-refractivity contribution in [2.45, 2.75) is 146 Å². The van der Waals surface area contributed by atoms with Crippen molar-refractivity contribution in [1.82, 2.24) is 46.0 Å². The van der Waals surface area contributed by atoms with E-state index >= 15 is 8.78 Å². The number of alkyl halides is 6. The van der Waals surface area contributed by atoms with Gasteiger partial charge in [-0.25, -0.2) is 28.4 Å². The SMILES string of the molecule is COC(=O)N[C@H](C(=O)N[C@@H](Cc1ccc(C#Cc2ccc(N3CC4CCC(C3)N4C3CCC3)nc2)cc1)[C@@H](O)CN(Cc1c(F)cc(-c2ccn(C3CC3)n2)cc1F)NC(=O)[C@@H](NC(=O)OC)C(C)(C)C(F)(F)F)C(C)(C)C(F)(F)F. The van der Waals surface area contributed by atoms with E-state index in [2.05, 4.69) is 47.0 Å². The third-order valence-electron chi connectivity index (χ3n) is 16.0. The summed E-state index contributed by atoms with van der Waals surface area (Å²) in [4.78, 5) is 62.8. The Morgan fingerprint density at radius 3 is 1.78 bits per heavy atom. The molecule has 2 aliphatic carbocycles. The molecule has 4 fully saturated rings. The summed E-state index contributed by atoms with van der Waals surface area (Å²) in [7, 11) is 1.68. The number of methoxy groups -OCH3 is 2. The highest BCUT2D eigenvalue weighted by atomic mass is 19.4. The second-order valence-electron chi connectivity index (χ2n) is 22.3. The molecule has 0 spiro atoms. The van der Waals surface area contributed by atoms with Crippen LogP contribution in [0.25, 0.3) is 11.3 Å². The fourth-order valence-electron chi connectivity index (χ4n) is 10.4. The first-order valence-electron chi connectivity index (χ1n) is 26.7. The molecular weight excluding hydrogens is 1080 g/mol. The molecule has 8 rings (SSSR count). The number of aromatic nitrogens is 3. The molecule has 2 aromatic heterocycles. The van der Waals surface area contributed by atoms with Gasteiger partial charge in [-0.2, -0.15) is 31.4 Å². The summed E-state index contributed by atoms with van der Waals surface area (Å²) in [6, 6.07) is 8.73. The molecule has 17 nitrogen and oxygen atoms in total. The highest BCUT2D eigenvalue weighted by Crippen LogP contribution is 2.43. The van der Waals surface area contributed by atoms with Crippen LogP contribution in [0.3, 0.4) is 0 Å². The Bertz CT molecular complexity index is 2940. The van der Waals surface area contributed by atoms with E-state index in [1.807, 2.05) is 22.8 Å². The quantitative estimate of drug-likeness (QED) is 0.0349. The topological polar surface area (TPSA) is 196 Å². The standard InChI is InChI=1S/C56H66F8N10O7/c1-53(2,55(59,60)61)47(67-51(78)80-5)49(76)66-44(24-33-13-10-32(11-14-33)12-15-34-16-21-46(65-27-34)71-28-38-19-20-39(29-71)74(38)37-8-7-9-37)45(75)31-72(70-50(77)48(68-52(79)81-6)54(3,4)56(62,63)64)30-40-41(57)25-35(26-42(40)58)43-22-23-73(69-43)36-17-18-36/h10-11,13-14,16,21-23,25-27,36-39,44-45,47-48,75H,7-9,17-20,24,28-31H2,1-6H3,(H,66,76)(H,67,78)(H,68,79)(H,70,77)/t38?,39?,44-,45-,47+,48+/m0/s1. The highest BCUT2D eigenvalue weighted by Gasteiger charge is 2.57. The van der Waals surface area contributed by atoms with Crippen molar-refractivity contribution < 1.29 is 68.9 Å². The number of hydrogen-bond acceptors (Lipinski definition) is 12. The van der Waals surface area contributed by atoms with Crippen LogP contribution in [-0.2, 0) is 32.0 Å². The Hall–Kier alpha value is -7.04. The molecule has 2 aromatic carbocycles. The minimum absolute atomic E-state index is 0.00957. The van der Waals surface area contributed by atoms with E-state index in [1.165, 1.54) is 32.1 Å². The molecule has 2 unspecified atom stereocenters. The largest absolute Gasteiger partial charge is 0.453 e. The molecule has 4 amide bonds. The number of benzene rings is 2. The smallest absolute Gasteiger partial charge is 0.407 e. The molecule has 6 atom stereocenters. The third-order valence-corrected chi connectivity index (χ3v) is 16.0. The number of rotatable bonds is 19. The number of aliphatic hydroxyl groups is 1. The van der Waals surface area contributed by atoms with Gasteiger partial charge in [0, 0.05) is 79.0 Å². The van der Waals surface area contributed by atoms with Crippen molar-refractivity contribution in [1.29, 1.82) is 0 Å². The van der Waals surface area contributed by atoms with Crippen LogP contribution in [0, 0.1) is 34.3 Å². The first kappa shape index (κ1) is 60.1. The maximum atomic E-state index is 16.2. The number of ether oxygens (including phenoxy) is 2. The average molecular weight is 1140 g/mol. The predicted molar refractivity (Wildman–Crippen MR) is 280 cm³/mol. The van der Waals surface area contributed by atoms with Crippen LogP contribution in [0.2, 0.25) is 0 Å². The third kappa shape index (κ3) is 13.8. The van der Waals surface area contributed by atoms with Crippen LogP contribution in [0.4, 0.5) is 50.5 Å². The van der Waals surface area contributed by atoms with Gasteiger partial charge in [-0.05, 0) is 121 Å². The van der Waals surface area contributed by atoms with E-state index < -0.39 is 108 Å². The lowest BCUT2D eigenvalue weighted by atomic mass is 9.82. The number of fused-ring (bicyclic) bond motifs is 2. The fraction of sp³-hybridized carbons (Fsp3) is 0.536. The number of hydrazine groups is 1. The molecule has 4 aliphatic rings. The number of anilines is 1. The molecule has 0 radical (unpaired) electrons. The first-order valence-corrected chi connectivity index (χ1v) is 26.7. The van der Waals surface area contributed by atoms with E-state index in [0.717, 1.165) is 58.1 Å². The highest BCUT2D eigenvalue weighted by molar-refractivity contribution is 5.87. The Kier molecular flexibility index (Phi) is 17.9. The van der Waals surface area contributed by atoms with E-state index in [1.54, 1.807) is 47.4 Å². The van der Waals surface area contributed by atoms with E-state index in [0.29, 0.717) is 67.5 Å². The molecule has 5 N–H and O–H groups in total. The summed E-state index contributed by atoms with van der Waals surface area (Å²) in [6.45, 7) is 2.23. The zero-order valence-corrected chi connectivity index (χ0v) is 45.6. The lowest BCUT2D eigenvalue weighted by Gasteiger charge is -2.48. The molecular formula is C56H66F8N10O7. The van der Waals surface area contributed by atoms with Crippen molar-refractivity contribution in [3.63, 3.8) is 0 Å². The van der Waals surface area contributed by atoms with Gasteiger partial charge >= 0.3 is 24.5 Å². The second kappa shape index (κ2) is 24.2. The lowest BCUT2D eigenvalue weighted by Crippen LogP contribution is -2.63. The van der Waals surface area contributed by atoms with Crippen LogP contribution in [0.5, 0.6) is 0 Å². The van der Waals surface area contributed by atoms with Gasteiger partial charge in [0.15, 0.2) is 0 Å². The van der Waals surface area contributed by atoms with Gasteiger partial charge in [0.2, 0.25) is 5.91 Å². The molecule has 25 heteroatoms. The number of pyridine rings is 1. The number of nitrogens with zero attached hydrogens (tertiary/aromatic N) is 6. The molecule has 2 aliphatic heterocycles. The van der Waals surface area contributed by atoms with Crippen molar-refractivity contribution in [2.24, 2.45) is 10.8 Å². The lowest BCUT2D eigenvalue weighted by molar-refractivity contribution is -0.221. The zero-order valence-electron chi connectivity index (χ0n) is 45.6. The minimum Gasteiger partial charge on any atom is -0.453 e. The maximum Gasteiger partial charge on any atom is 0.407 e. The summed E-state index contributed by atoms with van der Waals surface area (Å²) in [5, 5.41) is 23.2. The number of amides is 4. The Labute approximate surface area is 463 Å². The van der Waals surface area contributed by atoms with Gasteiger partial charge in [-0.3, -0.25) is 24.6 Å². The van der Waals surface area contributed by atoms with Crippen LogP contribution >= 0.6 is 0 Å². The van der Waals surface area contributed by atoms with Gasteiger partial charge in [-0.1, -0.05) is 30.4 Å². The van der Waals surface area contributed by atoms with Crippen LogP contribution in [0.15, 0.2) is 67.0 Å². The zero-order chi connectivity index (χ0) is 58.8. The van der Waals surface area contributed by atoms with E-state index in [-0.39, 0.29) is 17.3 Å². The van der Waals surface area contributed by atoms with Crippen molar-refractivity contribution in [2.75, 3.05) is 38.8 Å². The van der Waals surface area contributed by atoms with Gasteiger partial charge in [0.05, 0.1) is 48.9 Å². The molecule has 4 heterocycles. The summed E-state index contributed by atoms with van der Waals surface area (Å²) in [6.07, 6.45) is -4.47. The maximum absolute atomic E-state index is 16.2. The Morgan fingerprint density at radius 1 is 0.728 bits per heavy atom. The first-order chi connectivity index (χ1) is 38.2. The van der Waals surface area contributed by atoms with Gasteiger partial charge in [0.25, 0.3) is 5.91 Å². The van der Waals surface area contributed by atoms with Gasteiger partial charge in [0.1, 0.15) is 29.5 Å². The minimum atomic E-state index is -5.18. The molecule has 2 saturated heterocycles. The number of piperazine rings is 1. The summed E-state index contributed by atoms with van der Waals surface area (Å²) in [5.41, 5.74) is -3.02. The van der Waals surface area contributed by atoms with Gasteiger partial charge < -0.3 is 35.4 Å². The number of halogens is 8. The van der Waals surface area contributed by atoms with E-state index in [4.69, 9.17) is 4.98 Å². The van der Waals surface area contributed by atoms with E-state index in [9.17, 15) is 50.6 Å². The summed E-state index contributed by atoms with van der Waals surface area (Å²) < 4.78 is 131. The average Bonchev–Trinajstić information content (AvgIpc) is 4.31. The molecule has 81 heavy (non-hydrogen) atoms. The number of carbonyl (C=O) groups excluding carboxylic acids is 4. The van der Waals surface area contributed by atoms with Gasteiger partial charge in [-0.15, -0.1) is 0 Å². The summed E-state index contributed by atoms with van der Waals surface area (Å²) in [5.74, 6) is 1.47. The molecule has 4 aromatic rings. The number of aliphatic hydroxyl groups excluding tert-OH is 1. The molecule has 438 valence electrons. The fourth-order valence-corrected chi connectivity index (χ4v) is 10.4. The number of carbonyl (C=O) groups is 4. The Morgan fingerprint density at radius 2 is 1.27 bits per heavy atom. The number of nitrogens with one attached hydrogen (secondary N) is 4. The van der Waals surface area contributed by atoms with Crippen LogP contribution < -0.4 is 26.3 Å². The molecule has 2 saturated carbocycles. The normalized spacial score (nSPS) is 19.3. The van der Waals surface area contributed by atoms with Crippen molar-refractivity contribution in [3.8, 4) is 23.1 Å². The van der Waals surface area contributed by atoms with Crippen molar-refractivity contribution >= 4 is 29.8 Å². The van der Waals surface area contributed by atoms with Crippen molar-refractivity contribution in [3.05, 3.63) is 101 Å². The number of hydrogen-bond donors (Lipinski definition) is 5. The predicted octanol–water partition coefficient (Wildman–Crippen LogP) is 7.71. The summed E-state index contributed by atoms with van der Waals surface area (Å²) >= 11 is 0. The Balaban J connectivity index is 1.07.